The Kier molecular flexibility index (Phi) is 5.53. The van der Waals surface area contributed by atoms with E-state index in [1.54, 1.807) is 10.9 Å². The van der Waals surface area contributed by atoms with Crippen LogP contribution in [0.5, 0.6) is 0 Å². The maximum Gasteiger partial charge on any atom is 0.417 e. The Balaban J connectivity index is 1.37. The summed E-state index contributed by atoms with van der Waals surface area (Å²) in [5.41, 5.74) is 1.89. The van der Waals surface area contributed by atoms with Crippen LogP contribution in [0, 0.1) is 25.7 Å². The van der Waals surface area contributed by atoms with Crippen molar-refractivity contribution in [2.24, 2.45) is 11.8 Å². The van der Waals surface area contributed by atoms with Gasteiger partial charge < -0.3 is 10.2 Å². The lowest BCUT2D eigenvalue weighted by Gasteiger charge is -2.36. The van der Waals surface area contributed by atoms with Crippen molar-refractivity contribution in [1.82, 2.24) is 24.6 Å². The zero-order valence-electron chi connectivity index (χ0n) is 18.9. The maximum absolute atomic E-state index is 13.7. The van der Waals surface area contributed by atoms with Crippen LogP contribution in [0.25, 0.3) is 5.69 Å². The van der Waals surface area contributed by atoms with Crippen molar-refractivity contribution in [2.45, 2.75) is 38.9 Å². The molecule has 1 N–H and O–H groups in total. The molecule has 1 amide bonds. The summed E-state index contributed by atoms with van der Waals surface area (Å²) >= 11 is 0. The van der Waals surface area contributed by atoms with E-state index in [4.69, 9.17) is 0 Å². The minimum atomic E-state index is -4.43. The predicted molar refractivity (Wildman–Crippen MR) is 120 cm³/mol. The number of carbonyl (C=O) groups excluding carboxylic acids is 1. The van der Waals surface area contributed by atoms with Gasteiger partial charge in [-0.05, 0) is 68.4 Å². The minimum Gasteiger partial charge on any atom is -0.368 e. The number of halogens is 3. The normalized spacial score (nSPS) is 21.8. The maximum atomic E-state index is 13.7. The van der Waals surface area contributed by atoms with Crippen molar-refractivity contribution >= 4 is 11.7 Å². The zero-order valence-corrected chi connectivity index (χ0v) is 18.9. The lowest BCUT2D eigenvalue weighted by atomic mass is 10.0. The molecule has 0 aromatic carbocycles. The van der Waals surface area contributed by atoms with Gasteiger partial charge in [0.05, 0.1) is 17.4 Å². The minimum absolute atomic E-state index is 0.116. The van der Waals surface area contributed by atoms with Gasteiger partial charge in [-0.3, -0.25) is 4.79 Å². The van der Waals surface area contributed by atoms with E-state index in [-0.39, 0.29) is 11.9 Å². The Bertz CT molecular complexity index is 1210. The number of hydrogen-bond acceptors (Lipinski definition) is 5. The number of nitrogens with zero attached hydrogens (tertiary/aromatic N) is 5. The molecule has 34 heavy (non-hydrogen) atoms. The molecule has 1 aliphatic carbocycles. The molecule has 3 atom stereocenters. The smallest absolute Gasteiger partial charge is 0.368 e. The van der Waals surface area contributed by atoms with Crippen LogP contribution in [0.3, 0.4) is 0 Å². The number of pyridine rings is 2. The van der Waals surface area contributed by atoms with Crippen molar-refractivity contribution in [2.75, 3.05) is 18.4 Å². The predicted octanol–water partition coefficient (Wildman–Crippen LogP) is 4.26. The number of amides is 1. The molecule has 5 rings (SSSR count). The first-order valence-electron chi connectivity index (χ1n) is 11.3. The largest absolute Gasteiger partial charge is 0.417 e. The SMILES string of the molecule is Cc1cnn(-c2ccc(C)nc2C(=O)N2CC3CC3CC2CNc2ccc(C(F)(F)F)cn2)c1. The molecule has 3 aromatic rings. The number of aromatic nitrogens is 4. The molecule has 0 spiro atoms. The summed E-state index contributed by atoms with van der Waals surface area (Å²) in [4.78, 5) is 24.1. The van der Waals surface area contributed by atoms with E-state index in [1.807, 2.05) is 37.1 Å². The number of anilines is 1. The second kappa shape index (κ2) is 8.41. The van der Waals surface area contributed by atoms with Crippen LogP contribution in [0.1, 0.15) is 40.2 Å². The van der Waals surface area contributed by atoms with Gasteiger partial charge in [0.25, 0.3) is 5.91 Å². The van der Waals surface area contributed by atoms with E-state index >= 15 is 0 Å². The van der Waals surface area contributed by atoms with Gasteiger partial charge in [0.2, 0.25) is 0 Å². The number of carbonyl (C=O) groups is 1. The number of aryl methyl sites for hydroxylation is 2. The van der Waals surface area contributed by atoms with Crippen LogP contribution in [-0.2, 0) is 6.18 Å². The zero-order chi connectivity index (χ0) is 24.0. The average Bonchev–Trinajstić information content (AvgIpc) is 3.44. The molecule has 1 saturated carbocycles. The summed E-state index contributed by atoms with van der Waals surface area (Å²) < 4.78 is 40.1. The quantitative estimate of drug-likeness (QED) is 0.603. The van der Waals surface area contributed by atoms with Gasteiger partial charge in [-0.25, -0.2) is 14.6 Å². The highest BCUT2D eigenvalue weighted by molar-refractivity contribution is 5.96. The lowest BCUT2D eigenvalue weighted by Crippen LogP contribution is -2.48. The molecular formula is C24H25F3N6O. The lowest BCUT2D eigenvalue weighted by molar-refractivity contribution is -0.137. The Labute approximate surface area is 195 Å². The number of hydrogen-bond donors (Lipinski definition) is 1. The molecule has 2 aliphatic rings. The third-order valence-electron chi connectivity index (χ3n) is 6.56. The highest BCUT2D eigenvalue weighted by Crippen LogP contribution is 2.47. The summed E-state index contributed by atoms with van der Waals surface area (Å²) in [6.07, 6.45) is 1.90. The van der Waals surface area contributed by atoms with Crippen LogP contribution in [0.4, 0.5) is 19.0 Å². The van der Waals surface area contributed by atoms with Crippen molar-refractivity contribution < 1.29 is 18.0 Å². The third-order valence-corrected chi connectivity index (χ3v) is 6.56. The third kappa shape index (κ3) is 4.49. The van der Waals surface area contributed by atoms with E-state index in [0.717, 1.165) is 36.4 Å². The van der Waals surface area contributed by atoms with Crippen LogP contribution in [0.15, 0.2) is 42.9 Å². The van der Waals surface area contributed by atoms with Gasteiger partial charge in [0.15, 0.2) is 5.69 Å². The monoisotopic (exact) mass is 470 g/mol. The van der Waals surface area contributed by atoms with Gasteiger partial charge in [-0.1, -0.05) is 0 Å². The second-order valence-corrected chi connectivity index (χ2v) is 9.20. The van der Waals surface area contributed by atoms with Crippen LogP contribution >= 0.6 is 0 Å². The van der Waals surface area contributed by atoms with Crippen molar-refractivity contribution in [3.05, 3.63) is 65.4 Å². The number of piperidine rings is 1. The molecule has 7 nitrogen and oxygen atoms in total. The van der Waals surface area contributed by atoms with E-state index < -0.39 is 11.7 Å². The topological polar surface area (TPSA) is 75.9 Å². The van der Waals surface area contributed by atoms with Gasteiger partial charge in [0.1, 0.15) is 5.82 Å². The van der Waals surface area contributed by atoms with Gasteiger partial charge in [0, 0.05) is 37.2 Å². The second-order valence-electron chi connectivity index (χ2n) is 9.20. The molecule has 4 heterocycles. The molecular weight excluding hydrogens is 445 g/mol. The molecule has 1 saturated heterocycles. The Morgan fingerprint density at radius 2 is 1.94 bits per heavy atom. The number of fused-ring (bicyclic) bond motifs is 1. The highest BCUT2D eigenvalue weighted by Gasteiger charge is 2.47. The van der Waals surface area contributed by atoms with Crippen LogP contribution in [0.2, 0.25) is 0 Å². The summed E-state index contributed by atoms with van der Waals surface area (Å²) in [5, 5.41) is 7.47. The van der Waals surface area contributed by atoms with Crippen molar-refractivity contribution in [3.8, 4) is 5.69 Å². The first-order valence-corrected chi connectivity index (χ1v) is 11.3. The summed E-state index contributed by atoms with van der Waals surface area (Å²) in [6, 6.07) is 5.91. The molecule has 10 heteroatoms. The summed E-state index contributed by atoms with van der Waals surface area (Å²) in [6.45, 7) is 4.82. The fourth-order valence-corrected chi connectivity index (χ4v) is 4.60. The Morgan fingerprint density at radius 1 is 1.12 bits per heavy atom. The molecule has 0 bridgehead atoms. The Morgan fingerprint density at radius 3 is 2.62 bits per heavy atom. The molecule has 3 aromatic heterocycles. The first-order chi connectivity index (χ1) is 16.2. The first kappa shape index (κ1) is 22.4. The number of alkyl halides is 3. The fraction of sp³-hybridized carbons (Fsp3) is 0.417. The van der Waals surface area contributed by atoms with E-state index in [9.17, 15) is 18.0 Å². The van der Waals surface area contributed by atoms with Crippen LogP contribution < -0.4 is 5.32 Å². The fourth-order valence-electron chi connectivity index (χ4n) is 4.60. The van der Waals surface area contributed by atoms with E-state index in [1.165, 1.54) is 6.07 Å². The van der Waals surface area contributed by atoms with Gasteiger partial charge >= 0.3 is 6.18 Å². The highest BCUT2D eigenvalue weighted by atomic mass is 19.4. The molecule has 178 valence electrons. The number of likely N-dealkylation sites (tertiary alicyclic amines) is 1. The average molecular weight is 470 g/mol. The summed E-state index contributed by atoms with van der Waals surface area (Å²) in [5.74, 6) is 1.25. The van der Waals surface area contributed by atoms with Crippen molar-refractivity contribution in [1.29, 1.82) is 0 Å². The van der Waals surface area contributed by atoms with Gasteiger partial charge in [-0.15, -0.1) is 0 Å². The Hall–Kier alpha value is -3.43. The van der Waals surface area contributed by atoms with E-state index in [0.29, 0.717) is 42.1 Å². The number of nitrogens with one attached hydrogen (secondary N) is 1. The van der Waals surface area contributed by atoms with E-state index in [2.05, 4.69) is 20.4 Å². The van der Waals surface area contributed by atoms with Crippen LogP contribution in [-0.4, -0.2) is 49.7 Å². The molecule has 2 fully saturated rings. The summed E-state index contributed by atoms with van der Waals surface area (Å²) in [7, 11) is 0. The molecule has 3 unspecified atom stereocenters. The molecule has 1 aliphatic heterocycles. The standard InChI is InChI=1S/C24H25F3N6O/c1-14-9-30-33(12-14)20-5-3-15(2)31-22(20)23(34)32-13-17-7-16(17)8-19(32)11-29-21-6-4-18(10-28-21)24(25,26)27/h3-6,9-10,12,16-17,19H,7-8,11,13H2,1-2H3,(H,28,29). The van der Waals surface area contributed by atoms with Gasteiger partial charge in [-0.2, -0.15) is 18.3 Å². The van der Waals surface area contributed by atoms with Crippen molar-refractivity contribution in [3.63, 3.8) is 0 Å². The molecule has 0 radical (unpaired) electrons. The number of rotatable bonds is 5.